The zero-order chi connectivity index (χ0) is 15.4. The highest BCUT2D eigenvalue weighted by Crippen LogP contribution is 2.33. The van der Waals surface area contributed by atoms with E-state index in [0.717, 1.165) is 41.2 Å². The van der Waals surface area contributed by atoms with E-state index in [4.69, 9.17) is 9.47 Å². The highest BCUT2D eigenvalue weighted by molar-refractivity contribution is 6.02. The first kappa shape index (κ1) is 14.4. The van der Waals surface area contributed by atoms with Gasteiger partial charge < -0.3 is 9.47 Å². The van der Waals surface area contributed by atoms with Crippen LogP contribution < -0.4 is 4.74 Å². The summed E-state index contributed by atoms with van der Waals surface area (Å²) in [6.45, 7) is 2.16. The highest BCUT2D eigenvalue weighted by Gasteiger charge is 2.19. The molecule has 0 bridgehead atoms. The number of nitrogens with zero attached hydrogens (tertiary/aromatic N) is 1. The average Bonchev–Trinajstić information content (AvgIpc) is 2.59. The van der Waals surface area contributed by atoms with Crippen LogP contribution in [0.3, 0.4) is 0 Å². The summed E-state index contributed by atoms with van der Waals surface area (Å²) >= 11 is 0. The van der Waals surface area contributed by atoms with E-state index in [-0.39, 0.29) is 0 Å². The third kappa shape index (κ3) is 2.89. The van der Waals surface area contributed by atoms with Crippen molar-refractivity contribution in [3.05, 3.63) is 65.7 Å². The maximum Gasteiger partial charge on any atom is 0.227 e. The fourth-order valence-electron chi connectivity index (χ4n) is 2.35. The smallest absolute Gasteiger partial charge is 0.227 e. The number of ether oxygens (including phenoxy) is 2. The van der Waals surface area contributed by atoms with Crippen molar-refractivity contribution < 1.29 is 9.47 Å². The number of unbranched alkanes of at least 4 members (excludes halogenated alkanes) is 1. The summed E-state index contributed by atoms with van der Waals surface area (Å²) in [5.41, 5.74) is 2.94. The van der Waals surface area contributed by atoms with Crippen LogP contribution >= 0.6 is 0 Å². The first-order valence-corrected chi connectivity index (χ1v) is 7.52. The molecule has 3 heteroatoms. The topological polar surface area (TPSA) is 30.8 Å². The van der Waals surface area contributed by atoms with E-state index in [1.165, 1.54) is 0 Å². The van der Waals surface area contributed by atoms with Crippen LogP contribution in [0, 0.1) is 0 Å². The molecule has 3 rings (SSSR count). The van der Waals surface area contributed by atoms with Crippen molar-refractivity contribution >= 4 is 17.3 Å². The molecular formula is C19H19NO2. The molecule has 0 atom stereocenters. The Kier molecular flexibility index (Phi) is 4.24. The summed E-state index contributed by atoms with van der Waals surface area (Å²) < 4.78 is 11.2. The second-order valence-corrected chi connectivity index (χ2v) is 5.12. The minimum Gasteiger partial charge on any atom is -0.497 e. The number of benzene rings is 2. The minimum atomic E-state index is 0.628. The Morgan fingerprint density at radius 2 is 1.86 bits per heavy atom. The minimum absolute atomic E-state index is 0.628. The van der Waals surface area contributed by atoms with Crippen LogP contribution in [0.2, 0.25) is 0 Å². The van der Waals surface area contributed by atoms with Crippen LogP contribution in [0.5, 0.6) is 5.75 Å². The van der Waals surface area contributed by atoms with E-state index < -0.39 is 0 Å². The van der Waals surface area contributed by atoms with E-state index in [0.29, 0.717) is 5.90 Å². The standard InChI is InChI=1S/C19H19NO2/c1-3-4-9-18-16-7-5-6-8-17(16)20-19(22-18)14-10-12-15(21-2)13-11-14/h5-13H,3-4H2,1-2H3/b18-9+. The molecular weight excluding hydrogens is 274 g/mol. The lowest BCUT2D eigenvalue weighted by Gasteiger charge is -2.19. The monoisotopic (exact) mass is 293 g/mol. The largest absolute Gasteiger partial charge is 0.497 e. The van der Waals surface area contributed by atoms with Gasteiger partial charge in [-0.3, -0.25) is 0 Å². The quantitative estimate of drug-likeness (QED) is 0.799. The summed E-state index contributed by atoms with van der Waals surface area (Å²) in [5, 5.41) is 0. The van der Waals surface area contributed by atoms with E-state index in [2.05, 4.69) is 18.0 Å². The van der Waals surface area contributed by atoms with Crippen LogP contribution in [0.4, 0.5) is 5.69 Å². The summed E-state index contributed by atoms with van der Waals surface area (Å²) in [6.07, 6.45) is 4.21. The summed E-state index contributed by atoms with van der Waals surface area (Å²) in [6, 6.07) is 15.8. The van der Waals surface area contributed by atoms with Gasteiger partial charge in [0.25, 0.3) is 0 Å². The Morgan fingerprint density at radius 1 is 1.09 bits per heavy atom. The maximum absolute atomic E-state index is 6.04. The van der Waals surface area contributed by atoms with Crippen LogP contribution in [0.15, 0.2) is 59.6 Å². The average molecular weight is 293 g/mol. The van der Waals surface area contributed by atoms with Gasteiger partial charge in [-0.25, -0.2) is 4.99 Å². The van der Waals surface area contributed by atoms with Crippen molar-refractivity contribution in [2.75, 3.05) is 7.11 Å². The fraction of sp³-hybridized carbons (Fsp3) is 0.211. The zero-order valence-electron chi connectivity index (χ0n) is 12.9. The first-order valence-electron chi connectivity index (χ1n) is 7.52. The number of aliphatic imine (C=N–C) groups is 1. The molecule has 1 aliphatic rings. The lowest BCUT2D eigenvalue weighted by atomic mass is 10.1. The van der Waals surface area contributed by atoms with Gasteiger partial charge >= 0.3 is 0 Å². The number of methoxy groups -OCH3 is 1. The lowest BCUT2D eigenvalue weighted by Crippen LogP contribution is -2.10. The normalized spacial score (nSPS) is 15.0. The number of rotatable bonds is 4. The first-order chi connectivity index (χ1) is 10.8. The molecule has 2 aromatic carbocycles. The molecule has 0 aliphatic carbocycles. The SMILES string of the molecule is CCC/C=C1/OC(c2ccc(OC)cc2)=Nc2ccccc21. The summed E-state index contributed by atoms with van der Waals surface area (Å²) in [4.78, 5) is 4.64. The van der Waals surface area contributed by atoms with Crippen molar-refractivity contribution in [1.82, 2.24) is 0 Å². The number of allylic oxidation sites excluding steroid dienone is 1. The van der Waals surface area contributed by atoms with Crippen molar-refractivity contribution in [3.8, 4) is 5.75 Å². The molecule has 0 saturated heterocycles. The molecule has 0 saturated carbocycles. The van der Waals surface area contributed by atoms with Gasteiger partial charge in [0.05, 0.1) is 12.8 Å². The Hall–Kier alpha value is -2.55. The van der Waals surface area contributed by atoms with Crippen LogP contribution in [-0.2, 0) is 4.74 Å². The Labute approximate surface area is 130 Å². The molecule has 3 nitrogen and oxygen atoms in total. The van der Waals surface area contributed by atoms with Gasteiger partial charge in [0, 0.05) is 11.1 Å². The van der Waals surface area contributed by atoms with E-state index in [9.17, 15) is 0 Å². The van der Waals surface area contributed by atoms with Crippen molar-refractivity contribution in [1.29, 1.82) is 0 Å². The predicted octanol–water partition coefficient (Wildman–Crippen LogP) is 4.94. The number of fused-ring (bicyclic) bond motifs is 1. The van der Waals surface area contributed by atoms with Gasteiger partial charge in [0.15, 0.2) is 0 Å². The predicted molar refractivity (Wildman–Crippen MR) is 89.6 cm³/mol. The molecule has 0 fully saturated rings. The lowest BCUT2D eigenvalue weighted by molar-refractivity contribution is 0.414. The van der Waals surface area contributed by atoms with E-state index in [1.54, 1.807) is 7.11 Å². The summed E-state index contributed by atoms with van der Waals surface area (Å²) in [7, 11) is 1.66. The van der Waals surface area contributed by atoms with Crippen molar-refractivity contribution in [3.63, 3.8) is 0 Å². The second kappa shape index (κ2) is 6.48. The fourth-order valence-corrected chi connectivity index (χ4v) is 2.35. The van der Waals surface area contributed by atoms with Gasteiger partial charge in [-0.05, 0) is 48.9 Å². The molecule has 0 N–H and O–H groups in total. The van der Waals surface area contributed by atoms with Gasteiger partial charge in [-0.15, -0.1) is 0 Å². The number of hydrogen-bond acceptors (Lipinski definition) is 3. The molecule has 2 aromatic rings. The van der Waals surface area contributed by atoms with Crippen LogP contribution in [-0.4, -0.2) is 13.0 Å². The van der Waals surface area contributed by atoms with Gasteiger partial charge in [-0.2, -0.15) is 0 Å². The Balaban J connectivity index is 2.00. The molecule has 0 spiro atoms. The van der Waals surface area contributed by atoms with Crippen LogP contribution in [0.1, 0.15) is 30.9 Å². The second-order valence-electron chi connectivity index (χ2n) is 5.12. The molecule has 0 amide bonds. The number of hydrogen-bond donors (Lipinski definition) is 0. The van der Waals surface area contributed by atoms with Gasteiger partial charge in [0.1, 0.15) is 11.5 Å². The van der Waals surface area contributed by atoms with Gasteiger partial charge in [-0.1, -0.05) is 25.5 Å². The maximum atomic E-state index is 6.04. The highest BCUT2D eigenvalue weighted by atomic mass is 16.5. The molecule has 1 aliphatic heterocycles. The molecule has 0 unspecified atom stereocenters. The zero-order valence-corrected chi connectivity index (χ0v) is 12.9. The molecule has 0 aromatic heterocycles. The van der Waals surface area contributed by atoms with Crippen LogP contribution in [0.25, 0.3) is 5.76 Å². The van der Waals surface area contributed by atoms with E-state index >= 15 is 0 Å². The molecule has 1 heterocycles. The Bertz CT molecular complexity index is 714. The van der Waals surface area contributed by atoms with Crippen molar-refractivity contribution in [2.24, 2.45) is 4.99 Å². The molecule has 22 heavy (non-hydrogen) atoms. The molecule has 0 radical (unpaired) electrons. The van der Waals surface area contributed by atoms with Crippen molar-refractivity contribution in [2.45, 2.75) is 19.8 Å². The third-order valence-electron chi connectivity index (χ3n) is 3.55. The summed E-state index contributed by atoms with van der Waals surface area (Å²) in [5.74, 6) is 2.34. The molecule has 112 valence electrons. The number of para-hydroxylation sites is 1. The third-order valence-corrected chi connectivity index (χ3v) is 3.55. The van der Waals surface area contributed by atoms with Gasteiger partial charge in [0.2, 0.25) is 5.90 Å². The Morgan fingerprint density at radius 3 is 2.59 bits per heavy atom. The van der Waals surface area contributed by atoms with E-state index in [1.807, 2.05) is 48.5 Å².